The molecule has 2 N–H and O–H groups in total. The minimum absolute atomic E-state index is 0.0518. The summed E-state index contributed by atoms with van der Waals surface area (Å²) in [5.74, 6) is -2.09. The number of carbonyl (C=O) groups excluding carboxylic acids is 2. The molecule has 1 saturated heterocycles. The normalized spacial score (nSPS) is 19.9. The topological polar surface area (TPSA) is 105 Å². The molecule has 1 heterocycles. The van der Waals surface area contributed by atoms with Gasteiger partial charge in [0.1, 0.15) is 6.61 Å². The molecule has 1 aliphatic carbocycles. The number of likely N-dealkylation sites (N-methyl/N-ethyl adjacent to an activating group) is 1. The summed E-state index contributed by atoms with van der Waals surface area (Å²) in [4.78, 5) is 37.8. The van der Waals surface area contributed by atoms with Crippen molar-refractivity contribution >= 4 is 18.0 Å². The van der Waals surface area contributed by atoms with Crippen LogP contribution in [0.4, 0.5) is 4.79 Å². The van der Waals surface area contributed by atoms with Crippen molar-refractivity contribution in [1.29, 1.82) is 0 Å². The van der Waals surface area contributed by atoms with E-state index >= 15 is 0 Å². The summed E-state index contributed by atoms with van der Waals surface area (Å²) in [5.41, 5.74) is 4.54. The zero-order valence-corrected chi connectivity index (χ0v) is 18.7. The Hall–Kier alpha value is -3.39. The SMILES string of the molecule is CC(CN(C)C(=O)[C@@H]1OCC[C@@H]1NC(=O)OCC1c2ccccc2-c2ccccc21)C(=O)O. The number of hydrogen-bond donors (Lipinski definition) is 2. The highest BCUT2D eigenvalue weighted by Gasteiger charge is 2.38. The maximum Gasteiger partial charge on any atom is 0.407 e. The van der Waals surface area contributed by atoms with Crippen molar-refractivity contribution in [2.45, 2.75) is 31.4 Å². The van der Waals surface area contributed by atoms with Crippen LogP contribution in [-0.4, -0.2) is 66.9 Å². The number of ether oxygens (including phenoxy) is 2. The van der Waals surface area contributed by atoms with Crippen LogP contribution >= 0.6 is 0 Å². The number of alkyl carbamates (subject to hydrolysis) is 1. The standard InChI is InChI=1S/C25H28N2O6/c1-15(24(29)30)13-27(2)23(28)22-21(11-12-32-22)26-25(31)33-14-20-18-9-5-3-7-16(18)17-8-4-6-10-19(17)20/h3-10,15,20-22H,11-14H2,1-2H3,(H,26,31)(H,29,30)/t15?,21-,22+/m0/s1. The van der Waals surface area contributed by atoms with E-state index in [-0.39, 0.29) is 25.0 Å². The first-order chi connectivity index (χ1) is 15.9. The molecule has 8 heteroatoms. The first-order valence-corrected chi connectivity index (χ1v) is 11.1. The molecule has 3 atom stereocenters. The third kappa shape index (κ3) is 4.71. The van der Waals surface area contributed by atoms with Crippen LogP contribution in [0.15, 0.2) is 48.5 Å². The Kier molecular flexibility index (Phi) is 6.65. The van der Waals surface area contributed by atoms with E-state index < -0.39 is 30.1 Å². The van der Waals surface area contributed by atoms with E-state index in [9.17, 15) is 14.4 Å². The number of hydrogen-bond acceptors (Lipinski definition) is 5. The van der Waals surface area contributed by atoms with Gasteiger partial charge in [0.15, 0.2) is 6.10 Å². The lowest BCUT2D eigenvalue weighted by atomic mass is 9.98. The van der Waals surface area contributed by atoms with Gasteiger partial charge in [0, 0.05) is 26.1 Å². The van der Waals surface area contributed by atoms with E-state index in [2.05, 4.69) is 29.6 Å². The van der Waals surface area contributed by atoms with E-state index in [1.807, 2.05) is 24.3 Å². The molecule has 0 aromatic heterocycles. The average molecular weight is 453 g/mol. The summed E-state index contributed by atoms with van der Waals surface area (Å²) >= 11 is 0. The third-order valence-corrected chi connectivity index (χ3v) is 6.33. The molecule has 2 aromatic rings. The van der Waals surface area contributed by atoms with E-state index in [0.29, 0.717) is 13.0 Å². The van der Waals surface area contributed by atoms with Gasteiger partial charge in [-0.25, -0.2) is 4.79 Å². The van der Waals surface area contributed by atoms with Gasteiger partial charge in [-0.2, -0.15) is 0 Å². The quantitative estimate of drug-likeness (QED) is 0.669. The number of carboxylic acids is 1. The van der Waals surface area contributed by atoms with Crippen molar-refractivity contribution in [3.05, 3.63) is 59.7 Å². The van der Waals surface area contributed by atoms with Crippen molar-refractivity contribution in [1.82, 2.24) is 10.2 Å². The number of aliphatic carboxylic acids is 1. The zero-order chi connectivity index (χ0) is 23.5. The van der Waals surface area contributed by atoms with Gasteiger partial charge in [-0.3, -0.25) is 9.59 Å². The monoisotopic (exact) mass is 452 g/mol. The van der Waals surface area contributed by atoms with E-state index in [4.69, 9.17) is 14.6 Å². The first-order valence-electron chi connectivity index (χ1n) is 11.1. The molecule has 0 spiro atoms. The maximum absolute atomic E-state index is 12.8. The molecule has 0 bridgehead atoms. The Morgan fingerprint density at radius 2 is 1.73 bits per heavy atom. The van der Waals surface area contributed by atoms with Crippen molar-refractivity contribution in [2.24, 2.45) is 5.92 Å². The van der Waals surface area contributed by atoms with Gasteiger partial charge < -0.3 is 24.8 Å². The number of nitrogens with zero attached hydrogens (tertiary/aromatic N) is 1. The zero-order valence-electron chi connectivity index (χ0n) is 18.7. The average Bonchev–Trinajstić information content (AvgIpc) is 3.39. The summed E-state index contributed by atoms with van der Waals surface area (Å²) in [6.45, 7) is 2.11. The van der Waals surface area contributed by atoms with Crippen molar-refractivity contribution in [3.63, 3.8) is 0 Å². The number of nitrogens with one attached hydrogen (secondary N) is 1. The fourth-order valence-corrected chi connectivity index (χ4v) is 4.57. The number of fused-ring (bicyclic) bond motifs is 3. The van der Waals surface area contributed by atoms with E-state index in [1.165, 1.54) is 18.9 Å². The summed E-state index contributed by atoms with van der Waals surface area (Å²) in [7, 11) is 1.54. The number of carbonyl (C=O) groups is 3. The molecular weight excluding hydrogens is 424 g/mol. The Bertz CT molecular complexity index is 1010. The largest absolute Gasteiger partial charge is 0.481 e. The van der Waals surface area contributed by atoms with Gasteiger partial charge in [-0.15, -0.1) is 0 Å². The molecule has 1 aliphatic heterocycles. The highest BCUT2D eigenvalue weighted by atomic mass is 16.6. The lowest BCUT2D eigenvalue weighted by Crippen LogP contribution is -2.49. The third-order valence-electron chi connectivity index (χ3n) is 6.33. The smallest absolute Gasteiger partial charge is 0.407 e. The molecule has 1 fully saturated rings. The molecule has 2 aromatic carbocycles. The van der Waals surface area contributed by atoms with Gasteiger partial charge in [-0.1, -0.05) is 55.5 Å². The molecule has 2 amide bonds. The van der Waals surface area contributed by atoms with E-state index in [0.717, 1.165) is 22.3 Å². The summed E-state index contributed by atoms with van der Waals surface area (Å²) in [6.07, 6.45) is -0.994. The molecule has 33 heavy (non-hydrogen) atoms. The summed E-state index contributed by atoms with van der Waals surface area (Å²) < 4.78 is 11.1. The molecule has 4 rings (SSSR count). The maximum atomic E-state index is 12.8. The molecule has 0 saturated carbocycles. The lowest BCUT2D eigenvalue weighted by Gasteiger charge is -2.26. The molecule has 174 valence electrons. The Balaban J connectivity index is 1.36. The Morgan fingerprint density at radius 3 is 2.33 bits per heavy atom. The molecule has 0 radical (unpaired) electrons. The van der Waals surface area contributed by atoms with Crippen LogP contribution in [0.1, 0.15) is 30.4 Å². The first kappa shape index (κ1) is 22.8. The van der Waals surface area contributed by atoms with Crippen LogP contribution < -0.4 is 5.32 Å². The second kappa shape index (κ2) is 9.62. The van der Waals surface area contributed by atoms with Crippen LogP contribution in [0.3, 0.4) is 0 Å². The van der Waals surface area contributed by atoms with Gasteiger partial charge in [0.25, 0.3) is 5.91 Å². The van der Waals surface area contributed by atoms with Gasteiger partial charge in [0.05, 0.1) is 12.0 Å². The van der Waals surface area contributed by atoms with E-state index in [1.54, 1.807) is 0 Å². The van der Waals surface area contributed by atoms with Crippen LogP contribution in [-0.2, 0) is 19.1 Å². The second-order valence-corrected chi connectivity index (χ2v) is 8.61. The van der Waals surface area contributed by atoms with Crippen molar-refractivity contribution < 1.29 is 29.0 Å². The predicted octanol–water partition coefficient (Wildman–Crippen LogP) is 2.86. The fourth-order valence-electron chi connectivity index (χ4n) is 4.57. The highest BCUT2D eigenvalue weighted by molar-refractivity contribution is 5.83. The minimum atomic E-state index is -0.977. The summed E-state index contributed by atoms with van der Waals surface area (Å²) in [5, 5.41) is 11.8. The number of amides is 2. The Morgan fingerprint density at radius 1 is 1.12 bits per heavy atom. The number of carboxylic acid groups (broad SMARTS) is 1. The fraction of sp³-hybridized carbons (Fsp3) is 0.400. The minimum Gasteiger partial charge on any atom is -0.481 e. The van der Waals surface area contributed by atoms with Crippen LogP contribution in [0, 0.1) is 5.92 Å². The van der Waals surface area contributed by atoms with Crippen LogP contribution in [0.25, 0.3) is 11.1 Å². The summed E-state index contributed by atoms with van der Waals surface area (Å²) in [6, 6.07) is 15.7. The van der Waals surface area contributed by atoms with Crippen molar-refractivity contribution in [3.8, 4) is 11.1 Å². The van der Waals surface area contributed by atoms with Gasteiger partial charge in [-0.05, 0) is 28.7 Å². The molecule has 1 unspecified atom stereocenters. The van der Waals surface area contributed by atoms with Crippen LogP contribution in [0.5, 0.6) is 0 Å². The Labute approximate surface area is 192 Å². The highest BCUT2D eigenvalue weighted by Crippen LogP contribution is 2.44. The second-order valence-electron chi connectivity index (χ2n) is 8.61. The molecule has 8 nitrogen and oxygen atoms in total. The molecular formula is C25H28N2O6. The lowest BCUT2D eigenvalue weighted by molar-refractivity contribution is -0.145. The predicted molar refractivity (Wildman–Crippen MR) is 121 cm³/mol. The number of rotatable bonds is 7. The molecule has 2 aliphatic rings. The van der Waals surface area contributed by atoms with Crippen LogP contribution in [0.2, 0.25) is 0 Å². The van der Waals surface area contributed by atoms with Gasteiger partial charge >= 0.3 is 12.1 Å². The number of benzene rings is 2. The van der Waals surface area contributed by atoms with Crippen molar-refractivity contribution in [2.75, 3.05) is 26.8 Å². The van der Waals surface area contributed by atoms with Gasteiger partial charge in [0.2, 0.25) is 0 Å².